The molecule has 0 saturated heterocycles. The molecule has 22 heavy (non-hydrogen) atoms. The lowest BCUT2D eigenvalue weighted by Gasteiger charge is -2.25. The molecule has 0 bridgehead atoms. The summed E-state index contributed by atoms with van der Waals surface area (Å²) in [5, 5.41) is 3.65. The van der Waals surface area contributed by atoms with Gasteiger partial charge in [-0.25, -0.2) is 9.97 Å². The molecule has 4 rings (SSSR count). The second-order valence-electron chi connectivity index (χ2n) is 5.69. The van der Waals surface area contributed by atoms with Crippen LogP contribution in [0, 0.1) is 6.92 Å². The summed E-state index contributed by atoms with van der Waals surface area (Å²) in [7, 11) is 0. The molecule has 1 aliphatic rings. The molecule has 0 amide bonds. The van der Waals surface area contributed by atoms with Crippen LogP contribution in [0.25, 0.3) is 11.0 Å². The summed E-state index contributed by atoms with van der Waals surface area (Å²) < 4.78 is 8.71. The summed E-state index contributed by atoms with van der Waals surface area (Å²) in [6, 6.07) is 6.49. The number of hydrogen-bond acceptors (Lipinski definition) is 6. The number of hydrogen-bond donors (Lipinski definition) is 1. The van der Waals surface area contributed by atoms with E-state index in [-0.39, 0.29) is 0 Å². The van der Waals surface area contributed by atoms with Gasteiger partial charge in [-0.3, -0.25) is 0 Å². The van der Waals surface area contributed by atoms with Gasteiger partial charge < -0.3 is 5.32 Å². The van der Waals surface area contributed by atoms with E-state index < -0.39 is 0 Å². The average Bonchev–Trinajstić information content (AvgIpc) is 3.01. The average molecular weight is 311 g/mol. The van der Waals surface area contributed by atoms with Crippen LogP contribution in [-0.4, -0.2) is 18.7 Å². The predicted octanol–water partition coefficient (Wildman–Crippen LogP) is 2.96. The van der Waals surface area contributed by atoms with E-state index in [0.717, 1.165) is 36.2 Å². The summed E-state index contributed by atoms with van der Waals surface area (Å²) in [6.45, 7) is 2.74. The van der Waals surface area contributed by atoms with Crippen LogP contribution in [-0.2, 0) is 13.0 Å². The van der Waals surface area contributed by atoms with Crippen LogP contribution in [0.1, 0.15) is 41.5 Å². The number of aromatic nitrogens is 4. The van der Waals surface area contributed by atoms with E-state index in [0.29, 0.717) is 6.04 Å². The highest BCUT2D eigenvalue weighted by atomic mass is 32.1. The molecule has 1 aliphatic carbocycles. The van der Waals surface area contributed by atoms with Crippen LogP contribution >= 0.6 is 11.7 Å². The van der Waals surface area contributed by atoms with E-state index in [1.54, 1.807) is 0 Å². The second-order valence-corrected chi connectivity index (χ2v) is 6.22. The molecule has 1 N–H and O–H groups in total. The van der Waals surface area contributed by atoms with Crippen LogP contribution in [0.3, 0.4) is 0 Å². The minimum Gasteiger partial charge on any atom is -0.306 e. The Kier molecular flexibility index (Phi) is 3.56. The highest BCUT2D eigenvalue weighted by molar-refractivity contribution is 7.00. The SMILES string of the molecule is Cc1ncc2c(n1)CCCC2NCc1cccc2nsnc12. The molecule has 0 spiro atoms. The maximum absolute atomic E-state index is 4.59. The Morgan fingerprint density at radius 3 is 3.23 bits per heavy atom. The Morgan fingerprint density at radius 1 is 1.32 bits per heavy atom. The fraction of sp³-hybridized carbons (Fsp3) is 0.375. The third kappa shape index (κ3) is 2.48. The molecule has 0 fully saturated rings. The van der Waals surface area contributed by atoms with Gasteiger partial charge in [0.2, 0.25) is 0 Å². The molecule has 0 radical (unpaired) electrons. The molecular formula is C16H17N5S. The first-order chi connectivity index (χ1) is 10.8. The highest BCUT2D eigenvalue weighted by Crippen LogP contribution is 2.28. The van der Waals surface area contributed by atoms with Gasteiger partial charge in [0.05, 0.1) is 11.7 Å². The van der Waals surface area contributed by atoms with E-state index in [9.17, 15) is 0 Å². The van der Waals surface area contributed by atoms with Gasteiger partial charge in [-0.2, -0.15) is 8.75 Å². The minimum atomic E-state index is 0.325. The van der Waals surface area contributed by atoms with Gasteiger partial charge in [0, 0.05) is 30.0 Å². The number of benzene rings is 1. The van der Waals surface area contributed by atoms with E-state index in [4.69, 9.17) is 0 Å². The van der Waals surface area contributed by atoms with Crippen LogP contribution in [0.2, 0.25) is 0 Å². The number of fused-ring (bicyclic) bond motifs is 2. The van der Waals surface area contributed by atoms with Crippen molar-refractivity contribution in [2.24, 2.45) is 0 Å². The minimum absolute atomic E-state index is 0.325. The Bertz CT molecular complexity index is 813. The van der Waals surface area contributed by atoms with E-state index >= 15 is 0 Å². The van der Waals surface area contributed by atoms with Crippen LogP contribution in [0.15, 0.2) is 24.4 Å². The molecule has 2 heterocycles. The van der Waals surface area contributed by atoms with Crippen molar-refractivity contribution in [3.8, 4) is 0 Å². The zero-order chi connectivity index (χ0) is 14.9. The summed E-state index contributed by atoms with van der Waals surface area (Å²) in [5.41, 5.74) is 5.64. The lowest BCUT2D eigenvalue weighted by molar-refractivity contribution is 0.452. The smallest absolute Gasteiger partial charge is 0.125 e. The zero-order valence-corrected chi connectivity index (χ0v) is 13.2. The van der Waals surface area contributed by atoms with Gasteiger partial charge in [0.15, 0.2) is 0 Å². The molecule has 6 heteroatoms. The summed E-state index contributed by atoms with van der Waals surface area (Å²) in [5.74, 6) is 0.859. The largest absolute Gasteiger partial charge is 0.306 e. The van der Waals surface area contributed by atoms with Crippen molar-refractivity contribution in [2.45, 2.75) is 38.8 Å². The number of nitrogens with zero attached hydrogens (tertiary/aromatic N) is 4. The normalized spacial score (nSPS) is 17.6. The van der Waals surface area contributed by atoms with Gasteiger partial charge in [-0.05, 0) is 37.8 Å². The van der Waals surface area contributed by atoms with Crippen molar-refractivity contribution >= 4 is 22.8 Å². The van der Waals surface area contributed by atoms with Gasteiger partial charge in [-0.1, -0.05) is 12.1 Å². The summed E-state index contributed by atoms with van der Waals surface area (Å²) in [6.07, 6.45) is 5.34. The lowest BCUT2D eigenvalue weighted by Crippen LogP contribution is -2.26. The van der Waals surface area contributed by atoms with Gasteiger partial charge >= 0.3 is 0 Å². The molecular weight excluding hydrogens is 294 g/mol. The summed E-state index contributed by atoms with van der Waals surface area (Å²) >= 11 is 1.27. The lowest BCUT2D eigenvalue weighted by atomic mass is 9.92. The number of nitrogens with one attached hydrogen (secondary N) is 1. The third-order valence-electron chi connectivity index (χ3n) is 4.21. The fourth-order valence-electron chi connectivity index (χ4n) is 3.10. The van der Waals surface area contributed by atoms with Crippen molar-refractivity contribution in [1.29, 1.82) is 0 Å². The maximum atomic E-state index is 4.59. The van der Waals surface area contributed by atoms with Crippen molar-refractivity contribution in [3.05, 3.63) is 47.0 Å². The molecule has 3 aromatic rings. The first-order valence-corrected chi connectivity index (χ1v) is 8.30. The number of rotatable bonds is 3. The van der Waals surface area contributed by atoms with E-state index in [2.05, 4.69) is 30.1 Å². The molecule has 0 aliphatic heterocycles. The Balaban J connectivity index is 1.57. The molecule has 1 unspecified atom stereocenters. The summed E-state index contributed by atoms with van der Waals surface area (Å²) in [4.78, 5) is 8.96. The van der Waals surface area contributed by atoms with Gasteiger partial charge in [0.1, 0.15) is 16.9 Å². The first kappa shape index (κ1) is 13.7. The quantitative estimate of drug-likeness (QED) is 0.805. The van der Waals surface area contributed by atoms with Gasteiger partial charge in [0.25, 0.3) is 0 Å². The van der Waals surface area contributed by atoms with Crippen molar-refractivity contribution in [2.75, 3.05) is 0 Å². The van der Waals surface area contributed by atoms with Crippen LogP contribution < -0.4 is 5.32 Å². The monoisotopic (exact) mass is 311 g/mol. The fourth-order valence-corrected chi connectivity index (χ4v) is 3.67. The molecule has 2 aromatic heterocycles. The second kappa shape index (κ2) is 5.70. The molecule has 112 valence electrons. The van der Waals surface area contributed by atoms with E-state index in [1.165, 1.54) is 35.0 Å². The van der Waals surface area contributed by atoms with Crippen LogP contribution in [0.5, 0.6) is 0 Å². The van der Waals surface area contributed by atoms with Crippen LogP contribution in [0.4, 0.5) is 0 Å². The number of aryl methyl sites for hydroxylation is 2. The van der Waals surface area contributed by atoms with Crippen molar-refractivity contribution in [3.63, 3.8) is 0 Å². The Labute approximate surface area is 133 Å². The zero-order valence-electron chi connectivity index (χ0n) is 12.4. The van der Waals surface area contributed by atoms with Crippen molar-refractivity contribution in [1.82, 2.24) is 24.0 Å². The van der Waals surface area contributed by atoms with Crippen molar-refractivity contribution < 1.29 is 0 Å². The van der Waals surface area contributed by atoms with E-state index in [1.807, 2.05) is 25.3 Å². The third-order valence-corrected chi connectivity index (χ3v) is 4.75. The Hall–Kier alpha value is -1.92. The predicted molar refractivity (Wildman–Crippen MR) is 86.7 cm³/mol. The molecule has 1 atom stereocenters. The highest BCUT2D eigenvalue weighted by Gasteiger charge is 2.21. The maximum Gasteiger partial charge on any atom is 0.125 e. The topological polar surface area (TPSA) is 63.6 Å². The van der Waals surface area contributed by atoms with Gasteiger partial charge in [-0.15, -0.1) is 0 Å². The molecule has 5 nitrogen and oxygen atoms in total. The molecule has 0 saturated carbocycles. The first-order valence-electron chi connectivity index (χ1n) is 7.57. The Morgan fingerprint density at radius 2 is 2.27 bits per heavy atom. The standard InChI is InChI=1S/C16H17N5S/c1-10-17-9-12-13(5-3-6-14(12)19-10)18-8-11-4-2-7-15-16(11)21-22-20-15/h2,4,7,9,13,18H,3,5-6,8H2,1H3. The molecule has 1 aromatic carbocycles.